The molecule has 1 heterocycles. The van der Waals surface area contributed by atoms with E-state index >= 15 is 0 Å². The first kappa shape index (κ1) is 17.7. The first-order chi connectivity index (χ1) is 9.28. The lowest BCUT2D eigenvalue weighted by Gasteiger charge is -2.37. The van der Waals surface area contributed by atoms with Gasteiger partial charge in [0.25, 0.3) is 0 Å². The van der Waals surface area contributed by atoms with Gasteiger partial charge in [0.2, 0.25) is 0 Å². The molecule has 6 heteroatoms. The first-order valence-corrected chi connectivity index (χ1v) is 7.37. The zero-order valence-corrected chi connectivity index (χ0v) is 12.7. The van der Waals surface area contributed by atoms with Gasteiger partial charge in [0.15, 0.2) is 0 Å². The summed E-state index contributed by atoms with van der Waals surface area (Å²) >= 11 is 0. The maximum absolute atomic E-state index is 12.7. The number of nitrogens with one attached hydrogen (secondary N) is 1. The second kappa shape index (κ2) is 7.61. The Bertz CT molecular complexity index is 276. The van der Waals surface area contributed by atoms with Gasteiger partial charge in [-0.1, -0.05) is 6.92 Å². The molecule has 0 aromatic heterocycles. The van der Waals surface area contributed by atoms with Crippen LogP contribution in [0.15, 0.2) is 0 Å². The van der Waals surface area contributed by atoms with Crippen LogP contribution in [0.2, 0.25) is 0 Å². The Morgan fingerprint density at radius 1 is 1.35 bits per heavy atom. The lowest BCUT2D eigenvalue weighted by Crippen LogP contribution is -2.49. The normalized spacial score (nSPS) is 24.0. The Hall–Kier alpha value is -0.330. The van der Waals surface area contributed by atoms with Gasteiger partial charge in [-0.25, -0.2) is 0 Å². The molecule has 1 fully saturated rings. The smallest absolute Gasteiger partial charge is 0.381 e. The fraction of sp³-hybridized carbons (Fsp3) is 1.00. The number of hydrogen-bond acceptors (Lipinski definition) is 3. The van der Waals surface area contributed by atoms with Crippen molar-refractivity contribution in [2.45, 2.75) is 45.8 Å². The number of halogens is 3. The maximum Gasteiger partial charge on any atom is 0.401 e. The van der Waals surface area contributed by atoms with Crippen molar-refractivity contribution in [3.63, 3.8) is 0 Å². The predicted octanol–water partition coefficient (Wildman–Crippen LogP) is 2.67. The van der Waals surface area contributed by atoms with Crippen molar-refractivity contribution in [2.75, 3.05) is 39.4 Å². The van der Waals surface area contributed by atoms with Crippen molar-refractivity contribution in [1.82, 2.24) is 10.2 Å². The summed E-state index contributed by atoms with van der Waals surface area (Å²) in [5.41, 5.74) is -0.190. The van der Waals surface area contributed by atoms with E-state index in [-0.39, 0.29) is 11.5 Å². The molecule has 1 saturated heterocycles. The van der Waals surface area contributed by atoms with Crippen molar-refractivity contribution in [3.8, 4) is 0 Å². The second-order valence-electron chi connectivity index (χ2n) is 6.09. The molecule has 1 rings (SSSR count). The number of nitrogens with zero attached hydrogens (tertiary/aromatic N) is 1. The molecule has 0 bridgehead atoms. The third-order valence-corrected chi connectivity index (χ3v) is 3.76. The van der Waals surface area contributed by atoms with Crippen LogP contribution in [0.5, 0.6) is 0 Å². The van der Waals surface area contributed by atoms with Crippen LogP contribution < -0.4 is 5.32 Å². The van der Waals surface area contributed by atoms with E-state index in [0.717, 1.165) is 25.9 Å². The monoisotopic (exact) mass is 296 g/mol. The third kappa shape index (κ3) is 5.97. The van der Waals surface area contributed by atoms with Gasteiger partial charge in [-0.05, 0) is 33.2 Å². The molecule has 1 unspecified atom stereocenters. The molecule has 1 aliphatic rings. The second-order valence-corrected chi connectivity index (χ2v) is 6.09. The van der Waals surface area contributed by atoms with Gasteiger partial charge >= 0.3 is 6.18 Å². The molecule has 0 spiro atoms. The van der Waals surface area contributed by atoms with E-state index in [1.165, 1.54) is 4.90 Å². The summed E-state index contributed by atoms with van der Waals surface area (Å²) in [6.07, 6.45) is -2.31. The predicted molar refractivity (Wildman–Crippen MR) is 73.8 cm³/mol. The van der Waals surface area contributed by atoms with Crippen LogP contribution in [0.1, 0.15) is 33.6 Å². The molecule has 0 amide bonds. The summed E-state index contributed by atoms with van der Waals surface area (Å²) in [5.74, 6) is 0. The molecule has 120 valence electrons. The minimum Gasteiger partial charge on any atom is -0.381 e. The fourth-order valence-corrected chi connectivity index (χ4v) is 2.58. The highest BCUT2D eigenvalue weighted by atomic mass is 19.4. The molecule has 1 N–H and O–H groups in total. The topological polar surface area (TPSA) is 24.5 Å². The van der Waals surface area contributed by atoms with Gasteiger partial charge in [-0.3, -0.25) is 4.90 Å². The minimum absolute atomic E-state index is 0.125. The number of rotatable bonds is 8. The summed E-state index contributed by atoms with van der Waals surface area (Å²) in [6.45, 7) is 8.10. The van der Waals surface area contributed by atoms with Gasteiger partial charge < -0.3 is 10.1 Å². The van der Waals surface area contributed by atoms with Crippen molar-refractivity contribution < 1.29 is 17.9 Å². The number of alkyl halides is 3. The zero-order chi connectivity index (χ0) is 15.2. The van der Waals surface area contributed by atoms with Gasteiger partial charge in [-0.15, -0.1) is 0 Å². The van der Waals surface area contributed by atoms with Crippen LogP contribution in [0.25, 0.3) is 0 Å². The Morgan fingerprint density at radius 3 is 2.50 bits per heavy atom. The van der Waals surface area contributed by atoms with Crippen LogP contribution >= 0.6 is 0 Å². The van der Waals surface area contributed by atoms with Crippen LogP contribution in [0, 0.1) is 5.41 Å². The van der Waals surface area contributed by atoms with Crippen LogP contribution in [-0.2, 0) is 4.74 Å². The summed E-state index contributed by atoms with van der Waals surface area (Å²) in [4.78, 5) is 1.52. The summed E-state index contributed by atoms with van der Waals surface area (Å²) in [5, 5.41) is 3.34. The highest BCUT2D eigenvalue weighted by molar-refractivity contribution is 4.89. The highest BCUT2D eigenvalue weighted by Crippen LogP contribution is 2.31. The lowest BCUT2D eigenvalue weighted by atomic mass is 9.86. The Morgan fingerprint density at radius 2 is 2.05 bits per heavy atom. The third-order valence-electron chi connectivity index (χ3n) is 3.76. The average Bonchev–Trinajstić information content (AvgIpc) is 2.76. The van der Waals surface area contributed by atoms with E-state index in [2.05, 4.69) is 12.2 Å². The lowest BCUT2D eigenvalue weighted by molar-refractivity contribution is -0.153. The maximum atomic E-state index is 12.7. The van der Waals surface area contributed by atoms with Gasteiger partial charge in [-0.2, -0.15) is 13.2 Å². The molecule has 0 aliphatic carbocycles. The Kier molecular flexibility index (Phi) is 6.75. The van der Waals surface area contributed by atoms with Crippen molar-refractivity contribution in [2.24, 2.45) is 5.41 Å². The molecule has 3 nitrogen and oxygen atoms in total. The molecule has 0 radical (unpaired) electrons. The van der Waals surface area contributed by atoms with E-state index in [1.54, 1.807) is 0 Å². The molecule has 20 heavy (non-hydrogen) atoms. The van der Waals surface area contributed by atoms with Crippen LogP contribution in [0.3, 0.4) is 0 Å². The van der Waals surface area contributed by atoms with Gasteiger partial charge in [0.1, 0.15) is 0 Å². The molecular formula is C14H27F3N2O. The SMILES string of the molecule is CCCNCC1(CN(CC(F)(F)F)C(C)C)CCOC1. The first-order valence-electron chi connectivity index (χ1n) is 7.37. The van der Waals surface area contributed by atoms with Gasteiger partial charge in [0.05, 0.1) is 13.2 Å². The largest absolute Gasteiger partial charge is 0.401 e. The quantitative estimate of drug-likeness (QED) is 0.697. The fourth-order valence-electron chi connectivity index (χ4n) is 2.58. The molecule has 1 atom stereocenters. The standard InChI is InChI=1S/C14H27F3N2O/c1-4-6-18-8-13(5-7-20-11-13)9-19(12(2)3)10-14(15,16)17/h12,18H,4-11H2,1-3H3. The summed E-state index contributed by atoms with van der Waals surface area (Å²) in [6, 6.07) is -0.125. The van der Waals surface area contributed by atoms with Crippen molar-refractivity contribution >= 4 is 0 Å². The van der Waals surface area contributed by atoms with E-state index in [9.17, 15) is 13.2 Å². The summed E-state index contributed by atoms with van der Waals surface area (Å²) in [7, 11) is 0. The van der Waals surface area contributed by atoms with Gasteiger partial charge in [0, 0.05) is 31.2 Å². The van der Waals surface area contributed by atoms with E-state index in [4.69, 9.17) is 4.74 Å². The summed E-state index contributed by atoms with van der Waals surface area (Å²) < 4.78 is 43.5. The highest BCUT2D eigenvalue weighted by Gasteiger charge is 2.40. The van der Waals surface area contributed by atoms with E-state index in [1.807, 2.05) is 13.8 Å². The van der Waals surface area contributed by atoms with Crippen molar-refractivity contribution in [1.29, 1.82) is 0 Å². The zero-order valence-electron chi connectivity index (χ0n) is 12.7. The molecule has 0 aromatic carbocycles. The van der Waals surface area contributed by atoms with Crippen LogP contribution in [0.4, 0.5) is 13.2 Å². The number of ether oxygens (including phenoxy) is 1. The number of hydrogen-bond donors (Lipinski definition) is 1. The van der Waals surface area contributed by atoms with Crippen LogP contribution in [-0.4, -0.2) is 56.5 Å². The molecule has 1 aliphatic heterocycles. The van der Waals surface area contributed by atoms with Crippen molar-refractivity contribution in [3.05, 3.63) is 0 Å². The van der Waals surface area contributed by atoms with E-state index in [0.29, 0.717) is 19.8 Å². The molecule has 0 saturated carbocycles. The molecular weight excluding hydrogens is 269 g/mol. The Balaban J connectivity index is 2.65. The average molecular weight is 296 g/mol. The molecule has 0 aromatic rings. The van der Waals surface area contributed by atoms with E-state index < -0.39 is 12.7 Å². The Labute approximate surface area is 119 Å². The minimum atomic E-state index is -4.15.